The number of rotatable bonds is 1. The lowest BCUT2D eigenvalue weighted by atomic mass is 9.91. The third kappa shape index (κ3) is 2.29. The molecule has 14 heavy (non-hydrogen) atoms. The van der Waals surface area contributed by atoms with Crippen LogP contribution in [0.25, 0.3) is 0 Å². The van der Waals surface area contributed by atoms with E-state index in [2.05, 4.69) is 18.7 Å². The Morgan fingerprint density at radius 3 is 2.79 bits per heavy atom. The zero-order chi connectivity index (χ0) is 9.97. The van der Waals surface area contributed by atoms with Crippen molar-refractivity contribution in [2.24, 2.45) is 11.8 Å². The van der Waals surface area contributed by atoms with E-state index in [0.29, 0.717) is 0 Å². The molecule has 2 heterocycles. The van der Waals surface area contributed by atoms with Gasteiger partial charge in [0.15, 0.2) is 0 Å². The van der Waals surface area contributed by atoms with Gasteiger partial charge in [-0.05, 0) is 37.6 Å². The van der Waals surface area contributed by atoms with Crippen molar-refractivity contribution in [2.75, 3.05) is 26.3 Å². The lowest BCUT2D eigenvalue weighted by Crippen LogP contribution is -2.48. The molecule has 2 heteroatoms. The third-order valence-electron chi connectivity index (χ3n) is 3.75. The monoisotopic (exact) mass is 197 g/mol. The van der Waals surface area contributed by atoms with E-state index in [9.17, 15) is 0 Å². The molecule has 0 amide bonds. The second-order valence-electron chi connectivity index (χ2n) is 5.15. The normalized spacial score (nSPS) is 41.1. The summed E-state index contributed by atoms with van der Waals surface area (Å²) < 4.78 is 5.50. The molecule has 0 N–H and O–H groups in total. The number of nitrogens with zero attached hydrogens (tertiary/aromatic N) is 1. The molecule has 2 nitrogen and oxygen atoms in total. The second kappa shape index (κ2) is 4.63. The van der Waals surface area contributed by atoms with Crippen LogP contribution in [0, 0.1) is 11.8 Å². The Labute approximate surface area is 87.6 Å². The van der Waals surface area contributed by atoms with E-state index in [1.807, 2.05) is 0 Å². The van der Waals surface area contributed by atoms with E-state index in [-0.39, 0.29) is 0 Å². The Kier molecular flexibility index (Phi) is 3.45. The molecule has 0 aliphatic carbocycles. The van der Waals surface area contributed by atoms with Crippen molar-refractivity contribution in [2.45, 2.75) is 39.2 Å². The van der Waals surface area contributed by atoms with E-state index in [4.69, 9.17) is 4.74 Å². The molecule has 0 saturated carbocycles. The maximum absolute atomic E-state index is 5.50. The molecule has 0 bridgehead atoms. The van der Waals surface area contributed by atoms with E-state index >= 15 is 0 Å². The SMILES string of the molecule is CC1CCCN(C2CCOCC2C)C1. The summed E-state index contributed by atoms with van der Waals surface area (Å²) >= 11 is 0. The summed E-state index contributed by atoms with van der Waals surface area (Å²) in [6.45, 7) is 9.29. The molecule has 2 aliphatic rings. The zero-order valence-corrected chi connectivity index (χ0v) is 9.54. The summed E-state index contributed by atoms with van der Waals surface area (Å²) in [5.41, 5.74) is 0. The average molecular weight is 197 g/mol. The van der Waals surface area contributed by atoms with Crippen LogP contribution in [-0.2, 0) is 4.74 Å². The van der Waals surface area contributed by atoms with Gasteiger partial charge in [0.25, 0.3) is 0 Å². The first kappa shape index (κ1) is 10.4. The quantitative estimate of drug-likeness (QED) is 0.638. The van der Waals surface area contributed by atoms with Crippen LogP contribution in [0.3, 0.4) is 0 Å². The number of hydrogen-bond donors (Lipinski definition) is 0. The van der Waals surface area contributed by atoms with Crippen LogP contribution in [0.15, 0.2) is 0 Å². The highest BCUT2D eigenvalue weighted by atomic mass is 16.5. The summed E-state index contributed by atoms with van der Waals surface area (Å²) in [5.74, 6) is 1.63. The van der Waals surface area contributed by atoms with E-state index in [1.165, 1.54) is 32.4 Å². The van der Waals surface area contributed by atoms with Crippen LogP contribution in [-0.4, -0.2) is 37.2 Å². The Bertz CT molecular complexity index is 183. The van der Waals surface area contributed by atoms with Crippen molar-refractivity contribution in [1.29, 1.82) is 0 Å². The molecule has 2 fully saturated rings. The van der Waals surface area contributed by atoms with Crippen molar-refractivity contribution in [3.63, 3.8) is 0 Å². The highest BCUT2D eigenvalue weighted by molar-refractivity contribution is 4.83. The van der Waals surface area contributed by atoms with Crippen molar-refractivity contribution < 1.29 is 4.74 Å². The van der Waals surface area contributed by atoms with Gasteiger partial charge < -0.3 is 4.74 Å². The summed E-state index contributed by atoms with van der Waals surface area (Å²) in [5, 5.41) is 0. The van der Waals surface area contributed by atoms with Crippen LogP contribution in [0.5, 0.6) is 0 Å². The van der Waals surface area contributed by atoms with Crippen molar-refractivity contribution in [3.8, 4) is 0 Å². The number of likely N-dealkylation sites (tertiary alicyclic amines) is 1. The van der Waals surface area contributed by atoms with Crippen LogP contribution < -0.4 is 0 Å². The molecule has 3 unspecified atom stereocenters. The summed E-state index contributed by atoms with van der Waals surface area (Å²) in [7, 11) is 0. The van der Waals surface area contributed by atoms with Gasteiger partial charge in [-0.15, -0.1) is 0 Å². The van der Waals surface area contributed by atoms with Gasteiger partial charge in [0, 0.05) is 19.2 Å². The number of ether oxygens (including phenoxy) is 1. The largest absolute Gasteiger partial charge is 0.381 e. The van der Waals surface area contributed by atoms with Gasteiger partial charge in [0.1, 0.15) is 0 Å². The van der Waals surface area contributed by atoms with Crippen LogP contribution >= 0.6 is 0 Å². The average Bonchev–Trinajstić information content (AvgIpc) is 2.18. The smallest absolute Gasteiger partial charge is 0.0506 e. The van der Waals surface area contributed by atoms with E-state index < -0.39 is 0 Å². The third-order valence-corrected chi connectivity index (χ3v) is 3.75. The first-order valence-electron chi connectivity index (χ1n) is 6.09. The highest BCUT2D eigenvalue weighted by Gasteiger charge is 2.29. The van der Waals surface area contributed by atoms with Crippen molar-refractivity contribution >= 4 is 0 Å². The molecular formula is C12H23NO. The molecule has 0 radical (unpaired) electrons. The van der Waals surface area contributed by atoms with Crippen molar-refractivity contribution in [1.82, 2.24) is 4.90 Å². The molecular weight excluding hydrogens is 174 g/mol. The minimum Gasteiger partial charge on any atom is -0.381 e. The minimum atomic E-state index is 0.731. The fourth-order valence-electron chi connectivity index (χ4n) is 2.94. The Hall–Kier alpha value is -0.0800. The first-order chi connectivity index (χ1) is 6.77. The van der Waals surface area contributed by atoms with Gasteiger partial charge in [0.05, 0.1) is 6.61 Å². The molecule has 3 atom stereocenters. The zero-order valence-electron chi connectivity index (χ0n) is 9.54. The van der Waals surface area contributed by atoms with Gasteiger partial charge in [-0.3, -0.25) is 4.90 Å². The fourth-order valence-corrected chi connectivity index (χ4v) is 2.94. The second-order valence-corrected chi connectivity index (χ2v) is 5.15. The molecule has 2 rings (SSSR count). The predicted molar refractivity (Wildman–Crippen MR) is 58.4 cm³/mol. The molecule has 0 spiro atoms. The van der Waals surface area contributed by atoms with E-state index in [1.54, 1.807) is 0 Å². The maximum Gasteiger partial charge on any atom is 0.0506 e. The highest BCUT2D eigenvalue weighted by Crippen LogP contribution is 2.25. The van der Waals surface area contributed by atoms with Crippen LogP contribution in [0.4, 0.5) is 0 Å². The summed E-state index contributed by atoms with van der Waals surface area (Å²) in [6, 6.07) is 0.798. The predicted octanol–water partition coefficient (Wildman–Crippen LogP) is 2.14. The topological polar surface area (TPSA) is 12.5 Å². The Morgan fingerprint density at radius 2 is 2.07 bits per heavy atom. The fraction of sp³-hybridized carbons (Fsp3) is 1.00. The van der Waals surface area contributed by atoms with Gasteiger partial charge in [-0.1, -0.05) is 13.8 Å². The maximum atomic E-state index is 5.50. The van der Waals surface area contributed by atoms with Gasteiger partial charge >= 0.3 is 0 Å². The lowest BCUT2D eigenvalue weighted by molar-refractivity contribution is -0.0178. The van der Waals surface area contributed by atoms with Crippen molar-refractivity contribution in [3.05, 3.63) is 0 Å². The van der Waals surface area contributed by atoms with Gasteiger partial charge in [-0.2, -0.15) is 0 Å². The van der Waals surface area contributed by atoms with Gasteiger partial charge in [0.2, 0.25) is 0 Å². The standard InChI is InChI=1S/C12H23NO/c1-10-4-3-6-13(8-10)12-5-7-14-9-11(12)2/h10-12H,3-9H2,1-2H3. The summed E-state index contributed by atoms with van der Waals surface area (Å²) in [6.07, 6.45) is 4.06. The Balaban J connectivity index is 1.91. The Morgan fingerprint density at radius 1 is 1.21 bits per heavy atom. The lowest BCUT2D eigenvalue weighted by Gasteiger charge is -2.42. The number of piperidine rings is 1. The first-order valence-corrected chi connectivity index (χ1v) is 6.09. The van der Waals surface area contributed by atoms with Crippen LogP contribution in [0.1, 0.15) is 33.1 Å². The summed E-state index contributed by atoms with van der Waals surface area (Å²) in [4.78, 5) is 2.71. The minimum absolute atomic E-state index is 0.731. The molecule has 82 valence electrons. The number of hydrogen-bond acceptors (Lipinski definition) is 2. The van der Waals surface area contributed by atoms with Crippen LogP contribution in [0.2, 0.25) is 0 Å². The van der Waals surface area contributed by atoms with Gasteiger partial charge in [-0.25, -0.2) is 0 Å². The molecule has 2 aliphatic heterocycles. The molecule has 0 aromatic rings. The molecule has 0 aromatic carbocycles. The van der Waals surface area contributed by atoms with E-state index in [0.717, 1.165) is 31.1 Å². The molecule has 2 saturated heterocycles. The molecule has 0 aromatic heterocycles.